The lowest BCUT2D eigenvalue weighted by atomic mass is 10.2. The molecule has 0 aliphatic rings. The Labute approximate surface area is 132 Å². The van der Waals surface area contributed by atoms with E-state index in [-0.39, 0.29) is 11.4 Å². The second-order valence-electron chi connectivity index (χ2n) is 4.69. The van der Waals surface area contributed by atoms with Crippen LogP contribution >= 0.6 is 11.6 Å². The number of para-hydroxylation sites is 2. The van der Waals surface area contributed by atoms with Crippen LogP contribution in [0.2, 0.25) is 5.02 Å². The van der Waals surface area contributed by atoms with Crippen molar-refractivity contribution in [3.05, 3.63) is 69.2 Å². The zero-order valence-electron chi connectivity index (χ0n) is 11.8. The van der Waals surface area contributed by atoms with Crippen molar-refractivity contribution in [2.45, 2.75) is 6.54 Å². The van der Waals surface area contributed by atoms with E-state index in [0.717, 1.165) is 5.56 Å². The number of hydrogen-bond acceptors (Lipinski definition) is 3. The Morgan fingerprint density at radius 1 is 1.27 bits per heavy atom. The van der Waals surface area contributed by atoms with Gasteiger partial charge >= 0.3 is 6.03 Å². The summed E-state index contributed by atoms with van der Waals surface area (Å²) in [5.74, 6) is 0. The minimum absolute atomic E-state index is 0.146. The number of carbonyl (C=O) groups is 1. The topological polar surface area (TPSA) is 75.5 Å². The Hall–Kier alpha value is -2.60. The van der Waals surface area contributed by atoms with Gasteiger partial charge in [-0.25, -0.2) is 4.79 Å². The fraction of sp³-hybridized carbons (Fsp3) is 0.133. The molecule has 0 bridgehead atoms. The lowest BCUT2D eigenvalue weighted by molar-refractivity contribution is -0.383. The summed E-state index contributed by atoms with van der Waals surface area (Å²) in [4.78, 5) is 23.9. The highest BCUT2D eigenvalue weighted by Gasteiger charge is 2.17. The molecule has 2 aromatic rings. The number of nitro groups is 1. The summed E-state index contributed by atoms with van der Waals surface area (Å²) in [5, 5.41) is 14.1. The van der Waals surface area contributed by atoms with Crippen LogP contribution in [0, 0.1) is 10.1 Å². The Morgan fingerprint density at radius 2 is 2.00 bits per heavy atom. The van der Waals surface area contributed by atoms with Crippen molar-refractivity contribution in [2.75, 3.05) is 12.4 Å². The van der Waals surface area contributed by atoms with E-state index in [1.165, 1.54) is 17.0 Å². The first-order chi connectivity index (χ1) is 10.5. The number of nitro benzene ring substituents is 1. The van der Waals surface area contributed by atoms with Crippen molar-refractivity contribution in [1.29, 1.82) is 0 Å². The van der Waals surface area contributed by atoms with Crippen molar-refractivity contribution in [3.8, 4) is 0 Å². The SMILES string of the molecule is CN(Cc1cccc(Cl)c1)C(=O)Nc1ccccc1[N+](=O)[O-]. The van der Waals surface area contributed by atoms with E-state index in [1.54, 1.807) is 37.4 Å². The average molecular weight is 320 g/mol. The molecule has 0 saturated heterocycles. The summed E-state index contributed by atoms with van der Waals surface area (Å²) in [6, 6.07) is 12.7. The molecule has 0 aliphatic carbocycles. The van der Waals surface area contributed by atoms with Gasteiger partial charge in [-0.3, -0.25) is 10.1 Å². The maximum atomic E-state index is 12.1. The van der Waals surface area contributed by atoms with Gasteiger partial charge in [-0.2, -0.15) is 0 Å². The molecule has 0 radical (unpaired) electrons. The van der Waals surface area contributed by atoms with Crippen LogP contribution < -0.4 is 5.32 Å². The van der Waals surface area contributed by atoms with Crippen LogP contribution in [-0.2, 0) is 6.54 Å². The molecule has 22 heavy (non-hydrogen) atoms. The third kappa shape index (κ3) is 3.95. The van der Waals surface area contributed by atoms with Gasteiger partial charge in [-0.1, -0.05) is 35.9 Å². The number of hydrogen-bond donors (Lipinski definition) is 1. The highest BCUT2D eigenvalue weighted by molar-refractivity contribution is 6.30. The molecule has 1 N–H and O–H groups in total. The number of benzene rings is 2. The highest BCUT2D eigenvalue weighted by Crippen LogP contribution is 2.23. The molecule has 0 spiro atoms. The number of urea groups is 1. The number of nitrogens with one attached hydrogen (secondary N) is 1. The summed E-state index contributed by atoms with van der Waals surface area (Å²) in [7, 11) is 1.60. The van der Waals surface area contributed by atoms with Crippen LogP contribution in [0.1, 0.15) is 5.56 Å². The van der Waals surface area contributed by atoms with Gasteiger partial charge in [0, 0.05) is 24.7 Å². The molecule has 6 nitrogen and oxygen atoms in total. The first-order valence-corrected chi connectivity index (χ1v) is 6.85. The highest BCUT2D eigenvalue weighted by atomic mass is 35.5. The molecule has 2 aromatic carbocycles. The van der Waals surface area contributed by atoms with Gasteiger partial charge in [0.05, 0.1) is 4.92 Å². The number of halogens is 1. The van der Waals surface area contributed by atoms with Crippen molar-refractivity contribution in [1.82, 2.24) is 4.90 Å². The van der Waals surface area contributed by atoms with Gasteiger partial charge in [-0.15, -0.1) is 0 Å². The van der Waals surface area contributed by atoms with Crippen LogP contribution in [0.15, 0.2) is 48.5 Å². The van der Waals surface area contributed by atoms with E-state index in [1.807, 2.05) is 6.07 Å². The molecular weight excluding hydrogens is 306 g/mol. The Kier molecular flexibility index (Phi) is 4.95. The van der Waals surface area contributed by atoms with Gasteiger partial charge in [0.2, 0.25) is 0 Å². The summed E-state index contributed by atoms with van der Waals surface area (Å²) >= 11 is 5.90. The lowest BCUT2D eigenvalue weighted by Crippen LogP contribution is -2.31. The third-order valence-electron chi connectivity index (χ3n) is 3.00. The maximum absolute atomic E-state index is 12.1. The zero-order chi connectivity index (χ0) is 16.1. The Morgan fingerprint density at radius 3 is 2.68 bits per heavy atom. The van der Waals surface area contributed by atoms with Gasteiger partial charge in [0.15, 0.2) is 0 Å². The summed E-state index contributed by atoms with van der Waals surface area (Å²) in [5.41, 5.74) is 0.884. The molecule has 0 heterocycles. The zero-order valence-corrected chi connectivity index (χ0v) is 12.6. The Balaban J connectivity index is 2.07. The number of amides is 2. The Bertz CT molecular complexity index is 706. The quantitative estimate of drug-likeness (QED) is 0.685. The van der Waals surface area contributed by atoms with E-state index in [9.17, 15) is 14.9 Å². The number of carbonyl (C=O) groups excluding carboxylic acids is 1. The second-order valence-corrected chi connectivity index (χ2v) is 5.13. The molecule has 0 atom stereocenters. The van der Waals surface area contributed by atoms with Crippen LogP contribution in [0.4, 0.5) is 16.2 Å². The normalized spacial score (nSPS) is 10.1. The molecule has 114 valence electrons. The number of nitrogens with zero attached hydrogens (tertiary/aromatic N) is 2. The molecule has 0 fully saturated rings. The number of rotatable bonds is 4. The molecule has 0 aromatic heterocycles. The van der Waals surface area contributed by atoms with Crippen LogP contribution in [0.25, 0.3) is 0 Å². The molecular formula is C15H14ClN3O3. The van der Waals surface area contributed by atoms with Crippen molar-refractivity contribution < 1.29 is 9.72 Å². The lowest BCUT2D eigenvalue weighted by Gasteiger charge is -2.18. The average Bonchev–Trinajstić information content (AvgIpc) is 2.47. The molecule has 2 rings (SSSR count). The van der Waals surface area contributed by atoms with Gasteiger partial charge in [0.1, 0.15) is 5.69 Å². The smallest absolute Gasteiger partial charge is 0.322 e. The summed E-state index contributed by atoms with van der Waals surface area (Å²) in [6.07, 6.45) is 0. The minimum Gasteiger partial charge on any atom is -0.323 e. The van der Waals surface area contributed by atoms with Crippen LogP contribution in [0.3, 0.4) is 0 Å². The van der Waals surface area contributed by atoms with Crippen LogP contribution in [0.5, 0.6) is 0 Å². The third-order valence-corrected chi connectivity index (χ3v) is 3.23. The van der Waals surface area contributed by atoms with Gasteiger partial charge in [0.25, 0.3) is 5.69 Å². The van der Waals surface area contributed by atoms with E-state index >= 15 is 0 Å². The first kappa shape index (κ1) is 15.8. The molecule has 2 amide bonds. The monoisotopic (exact) mass is 319 g/mol. The van der Waals surface area contributed by atoms with E-state index in [2.05, 4.69) is 5.32 Å². The van der Waals surface area contributed by atoms with E-state index in [0.29, 0.717) is 11.6 Å². The van der Waals surface area contributed by atoms with Gasteiger partial charge < -0.3 is 10.2 Å². The fourth-order valence-electron chi connectivity index (χ4n) is 1.93. The summed E-state index contributed by atoms with van der Waals surface area (Å²) in [6.45, 7) is 0.340. The second kappa shape index (κ2) is 6.91. The molecule has 0 saturated carbocycles. The fourth-order valence-corrected chi connectivity index (χ4v) is 2.14. The van der Waals surface area contributed by atoms with Crippen LogP contribution in [-0.4, -0.2) is 22.9 Å². The predicted molar refractivity (Wildman–Crippen MR) is 85.0 cm³/mol. The van der Waals surface area contributed by atoms with E-state index in [4.69, 9.17) is 11.6 Å². The molecule has 7 heteroatoms. The van der Waals surface area contributed by atoms with Crippen molar-refractivity contribution in [3.63, 3.8) is 0 Å². The predicted octanol–water partition coefficient (Wildman–Crippen LogP) is 3.91. The molecule has 0 aliphatic heterocycles. The van der Waals surface area contributed by atoms with Gasteiger partial charge in [-0.05, 0) is 23.8 Å². The number of anilines is 1. The minimum atomic E-state index is -0.535. The van der Waals surface area contributed by atoms with E-state index < -0.39 is 11.0 Å². The summed E-state index contributed by atoms with van der Waals surface area (Å²) < 4.78 is 0. The molecule has 0 unspecified atom stereocenters. The van der Waals surface area contributed by atoms with Crippen molar-refractivity contribution >= 4 is 29.0 Å². The first-order valence-electron chi connectivity index (χ1n) is 6.47. The largest absolute Gasteiger partial charge is 0.323 e. The van der Waals surface area contributed by atoms with Crippen molar-refractivity contribution in [2.24, 2.45) is 0 Å². The maximum Gasteiger partial charge on any atom is 0.322 e. The standard InChI is InChI=1S/C15H14ClN3O3/c1-18(10-11-5-4-6-12(16)9-11)15(20)17-13-7-2-3-8-14(13)19(21)22/h2-9H,10H2,1H3,(H,17,20).